The van der Waals surface area contributed by atoms with Crippen LogP contribution in [-0.2, 0) is 11.2 Å². The highest BCUT2D eigenvalue weighted by molar-refractivity contribution is 5.78. The zero-order chi connectivity index (χ0) is 12.1. The smallest absolute Gasteiger partial charge is 0.132 e. The summed E-state index contributed by atoms with van der Waals surface area (Å²) in [5.41, 5.74) is 2.65. The van der Waals surface area contributed by atoms with E-state index < -0.39 is 0 Å². The normalized spacial score (nSPS) is 18.8. The van der Waals surface area contributed by atoms with Gasteiger partial charge >= 0.3 is 0 Å². The second kappa shape index (κ2) is 5.95. The van der Waals surface area contributed by atoms with Crippen molar-refractivity contribution in [1.29, 1.82) is 0 Å². The van der Waals surface area contributed by atoms with Crippen LogP contribution in [0.1, 0.15) is 62.6 Å². The number of aryl methyl sites for hydroxylation is 1. The highest BCUT2D eigenvalue weighted by Crippen LogP contribution is 2.33. The van der Waals surface area contributed by atoms with Crippen LogP contribution in [-0.4, -0.2) is 10.8 Å². The van der Waals surface area contributed by atoms with Crippen molar-refractivity contribution in [3.63, 3.8) is 0 Å². The molecule has 0 spiro atoms. The van der Waals surface area contributed by atoms with E-state index in [2.05, 4.69) is 18.0 Å². The van der Waals surface area contributed by atoms with Crippen molar-refractivity contribution in [3.05, 3.63) is 29.6 Å². The lowest BCUT2D eigenvalue weighted by Crippen LogP contribution is -2.13. The Kier molecular flexibility index (Phi) is 4.29. The largest absolute Gasteiger partial charge is 0.300 e. The molecule has 0 saturated carbocycles. The Morgan fingerprint density at radius 1 is 1.47 bits per heavy atom. The molecule has 1 heterocycles. The van der Waals surface area contributed by atoms with Crippen LogP contribution in [0.15, 0.2) is 18.3 Å². The van der Waals surface area contributed by atoms with E-state index in [-0.39, 0.29) is 0 Å². The van der Waals surface area contributed by atoms with E-state index in [0.717, 1.165) is 32.1 Å². The van der Waals surface area contributed by atoms with Gasteiger partial charge in [0.05, 0.1) is 0 Å². The first kappa shape index (κ1) is 12.3. The molecule has 17 heavy (non-hydrogen) atoms. The number of ketones is 1. The number of rotatable bonds is 5. The predicted octanol–water partition coefficient (Wildman–Crippen LogP) is 3.65. The van der Waals surface area contributed by atoms with Crippen LogP contribution in [0.4, 0.5) is 0 Å². The van der Waals surface area contributed by atoms with Crippen LogP contribution in [0.3, 0.4) is 0 Å². The van der Waals surface area contributed by atoms with Gasteiger partial charge in [0, 0.05) is 30.7 Å². The number of pyridine rings is 1. The lowest BCUT2D eigenvalue weighted by Gasteiger charge is -2.23. The SMILES string of the molecule is CCCC(=O)CCC1CCCc2cccnc21. The number of hydrogen-bond acceptors (Lipinski definition) is 2. The summed E-state index contributed by atoms with van der Waals surface area (Å²) in [4.78, 5) is 16.1. The molecule has 92 valence electrons. The van der Waals surface area contributed by atoms with Crippen LogP contribution in [0.5, 0.6) is 0 Å². The van der Waals surface area contributed by atoms with Crippen LogP contribution < -0.4 is 0 Å². The molecule has 0 aliphatic heterocycles. The third-order valence-corrected chi connectivity index (χ3v) is 3.61. The quantitative estimate of drug-likeness (QED) is 0.774. The maximum absolute atomic E-state index is 11.6. The number of carbonyl (C=O) groups is 1. The highest BCUT2D eigenvalue weighted by atomic mass is 16.1. The fourth-order valence-corrected chi connectivity index (χ4v) is 2.73. The lowest BCUT2D eigenvalue weighted by molar-refractivity contribution is -0.119. The topological polar surface area (TPSA) is 30.0 Å². The number of Topliss-reactive ketones (excluding diaryl/α,β-unsaturated/α-hetero) is 1. The van der Waals surface area contributed by atoms with Gasteiger partial charge in [0.15, 0.2) is 0 Å². The van der Waals surface area contributed by atoms with Crippen LogP contribution >= 0.6 is 0 Å². The number of aromatic nitrogens is 1. The summed E-state index contributed by atoms with van der Waals surface area (Å²) in [5.74, 6) is 0.927. The minimum Gasteiger partial charge on any atom is -0.300 e. The Bertz CT molecular complexity index is 386. The Morgan fingerprint density at radius 2 is 2.35 bits per heavy atom. The standard InChI is InChI=1S/C15H21NO/c1-2-5-14(17)10-9-13-7-3-6-12-8-4-11-16-15(12)13/h4,8,11,13H,2-3,5-7,9-10H2,1H3. The molecule has 0 bridgehead atoms. The van der Waals surface area contributed by atoms with E-state index in [4.69, 9.17) is 0 Å². The number of hydrogen-bond donors (Lipinski definition) is 0. The molecule has 0 saturated heterocycles. The van der Waals surface area contributed by atoms with Gasteiger partial charge in [-0.1, -0.05) is 13.0 Å². The summed E-state index contributed by atoms with van der Waals surface area (Å²) in [6.45, 7) is 2.06. The first-order valence-electron chi connectivity index (χ1n) is 6.76. The molecule has 0 amide bonds. The summed E-state index contributed by atoms with van der Waals surface area (Å²) >= 11 is 0. The van der Waals surface area contributed by atoms with E-state index in [1.165, 1.54) is 24.1 Å². The van der Waals surface area contributed by atoms with Gasteiger partial charge in [-0.15, -0.1) is 0 Å². The average Bonchev–Trinajstić information content (AvgIpc) is 2.36. The first-order valence-corrected chi connectivity index (χ1v) is 6.76. The summed E-state index contributed by atoms with van der Waals surface area (Å²) < 4.78 is 0. The van der Waals surface area contributed by atoms with Crippen molar-refractivity contribution in [1.82, 2.24) is 4.98 Å². The van der Waals surface area contributed by atoms with Crippen molar-refractivity contribution in [2.24, 2.45) is 0 Å². The third-order valence-electron chi connectivity index (χ3n) is 3.61. The molecule has 1 atom stereocenters. The van der Waals surface area contributed by atoms with Gasteiger partial charge in [0.2, 0.25) is 0 Å². The van der Waals surface area contributed by atoms with Gasteiger partial charge in [0.1, 0.15) is 5.78 Å². The third kappa shape index (κ3) is 3.15. The van der Waals surface area contributed by atoms with E-state index in [9.17, 15) is 4.79 Å². The molecule has 0 aromatic carbocycles. The molecule has 0 fully saturated rings. The van der Waals surface area contributed by atoms with Gasteiger partial charge < -0.3 is 0 Å². The summed E-state index contributed by atoms with van der Waals surface area (Å²) in [5, 5.41) is 0. The summed E-state index contributed by atoms with van der Waals surface area (Å²) in [7, 11) is 0. The van der Waals surface area contributed by atoms with E-state index in [1.807, 2.05) is 12.3 Å². The van der Waals surface area contributed by atoms with Crippen LogP contribution in [0.25, 0.3) is 0 Å². The fraction of sp³-hybridized carbons (Fsp3) is 0.600. The monoisotopic (exact) mass is 231 g/mol. The lowest BCUT2D eigenvalue weighted by atomic mass is 9.83. The molecule has 2 nitrogen and oxygen atoms in total. The Labute approximate surface area is 103 Å². The zero-order valence-electron chi connectivity index (χ0n) is 10.6. The van der Waals surface area contributed by atoms with Crippen molar-refractivity contribution < 1.29 is 4.79 Å². The fourth-order valence-electron chi connectivity index (χ4n) is 2.73. The molecule has 1 unspecified atom stereocenters. The first-order chi connectivity index (χ1) is 8.31. The average molecular weight is 231 g/mol. The maximum Gasteiger partial charge on any atom is 0.132 e. The van der Waals surface area contributed by atoms with Gasteiger partial charge in [-0.05, 0) is 43.7 Å². The Hall–Kier alpha value is -1.18. The van der Waals surface area contributed by atoms with E-state index in [0.29, 0.717) is 11.7 Å². The molecule has 0 N–H and O–H groups in total. The van der Waals surface area contributed by atoms with Gasteiger partial charge in [-0.2, -0.15) is 0 Å². The van der Waals surface area contributed by atoms with E-state index >= 15 is 0 Å². The Morgan fingerprint density at radius 3 is 3.18 bits per heavy atom. The molecule has 1 aromatic rings. The van der Waals surface area contributed by atoms with Gasteiger partial charge in [-0.3, -0.25) is 9.78 Å². The zero-order valence-corrected chi connectivity index (χ0v) is 10.6. The minimum atomic E-state index is 0.413. The van der Waals surface area contributed by atoms with E-state index in [1.54, 1.807) is 0 Å². The maximum atomic E-state index is 11.6. The number of carbonyl (C=O) groups excluding carboxylic acids is 1. The van der Waals surface area contributed by atoms with Crippen molar-refractivity contribution in [2.45, 2.75) is 57.8 Å². The molecule has 2 rings (SSSR count). The molecule has 1 aromatic heterocycles. The molecule has 0 radical (unpaired) electrons. The second-order valence-corrected chi connectivity index (χ2v) is 4.96. The minimum absolute atomic E-state index is 0.413. The molecule has 1 aliphatic rings. The number of fused-ring (bicyclic) bond motifs is 1. The van der Waals surface area contributed by atoms with Gasteiger partial charge in [0.25, 0.3) is 0 Å². The van der Waals surface area contributed by atoms with Crippen molar-refractivity contribution in [3.8, 4) is 0 Å². The van der Waals surface area contributed by atoms with Crippen molar-refractivity contribution in [2.75, 3.05) is 0 Å². The highest BCUT2D eigenvalue weighted by Gasteiger charge is 2.21. The number of nitrogens with zero attached hydrogens (tertiary/aromatic N) is 1. The second-order valence-electron chi connectivity index (χ2n) is 4.96. The molecule has 2 heteroatoms. The summed E-state index contributed by atoms with van der Waals surface area (Å²) in [6.07, 6.45) is 8.90. The summed E-state index contributed by atoms with van der Waals surface area (Å²) in [6, 6.07) is 4.20. The van der Waals surface area contributed by atoms with Crippen molar-refractivity contribution >= 4 is 5.78 Å². The molecular formula is C15H21NO. The predicted molar refractivity (Wildman–Crippen MR) is 69.1 cm³/mol. The van der Waals surface area contributed by atoms with Crippen LogP contribution in [0, 0.1) is 0 Å². The van der Waals surface area contributed by atoms with Gasteiger partial charge in [-0.25, -0.2) is 0 Å². The molecule has 1 aliphatic carbocycles. The molecular weight excluding hydrogens is 210 g/mol. The Balaban J connectivity index is 1.97. The van der Waals surface area contributed by atoms with Crippen LogP contribution in [0.2, 0.25) is 0 Å².